The van der Waals surface area contributed by atoms with E-state index in [4.69, 9.17) is 0 Å². The highest BCUT2D eigenvalue weighted by Crippen LogP contribution is 2.23. The van der Waals surface area contributed by atoms with Crippen LogP contribution in [-0.4, -0.2) is 10.9 Å². The van der Waals surface area contributed by atoms with Gasteiger partial charge in [0.1, 0.15) is 0 Å². The smallest absolute Gasteiger partial charge is 0.255 e. The lowest BCUT2D eigenvalue weighted by Gasteiger charge is -2.06. The summed E-state index contributed by atoms with van der Waals surface area (Å²) in [5.41, 5.74) is 5.22. The number of hydrogen-bond acceptors (Lipinski definition) is 3. The predicted octanol–water partition coefficient (Wildman–Crippen LogP) is 4.62. The number of aryl methyl sites for hydroxylation is 1. The van der Waals surface area contributed by atoms with Gasteiger partial charge < -0.3 is 5.32 Å². The number of anilines is 1. The fraction of sp³-hybridized carbons (Fsp3) is 0.0667. The zero-order valence-corrected chi connectivity index (χ0v) is 13.1. The second-order valence-electron chi connectivity index (χ2n) is 4.45. The molecule has 3 nitrogen and oxygen atoms in total. The predicted molar refractivity (Wildman–Crippen MR) is 86.5 cm³/mol. The molecule has 0 aliphatic heterocycles. The first-order chi connectivity index (χ1) is 9.63. The number of nitrogens with zero attached hydrogens (tertiary/aromatic N) is 1. The maximum atomic E-state index is 12.2. The molecule has 0 saturated heterocycles. The zero-order chi connectivity index (χ0) is 14.1. The number of fused-ring (bicyclic) bond motifs is 1. The SMILES string of the molecule is Cc1cc(C(=O)Nc2ccc3ncsc3c2)ccc1Br. The highest BCUT2D eigenvalue weighted by Gasteiger charge is 2.08. The molecule has 5 heteroatoms. The molecule has 0 spiro atoms. The maximum absolute atomic E-state index is 12.2. The quantitative estimate of drug-likeness (QED) is 0.735. The van der Waals surface area contributed by atoms with E-state index in [9.17, 15) is 4.79 Å². The van der Waals surface area contributed by atoms with Gasteiger partial charge in [0.05, 0.1) is 15.7 Å². The monoisotopic (exact) mass is 346 g/mol. The van der Waals surface area contributed by atoms with E-state index < -0.39 is 0 Å². The molecule has 1 aromatic heterocycles. The summed E-state index contributed by atoms with van der Waals surface area (Å²) >= 11 is 4.99. The molecule has 0 aliphatic carbocycles. The minimum atomic E-state index is -0.107. The second-order valence-corrected chi connectivity index (χ2v) is 6.19. The van der Waals surface area contributed by atoms with Gasteiger partial charge in [0, 0.05) is 15.7 Å². The summed E-state index contributed by atoms with van der Waals surface area (Å²) in [6, 6.07) is 11.3. The molecule has 1 N–H and O–H groups in total. The van der Waals surface area contributed by atoms with E-state index in [1.54, 1.807) is 22.9 Å². The lowest BCUT2D eigenvalue weighted by molar-refractivity contribution is 0.102. The van der Waals surface area contributed by atoms with Gasteiger partial charge in [-0.1, -0.05) is 15.9 Å². The molecule has 2 aromatic carbocycles. The van der Waals surface area contributed by atoms with E-state index in [1.807, 2.05) is 37.3 Å². The number of carbonyl (C=O) groups is 1. The Morgan fingerprint density at radius 2 is 2.10 bits per heavy atom. The second kappa shape index (κ2) is 5.34. The summed E-state index contributed by atoms with van der Waals surface area (Å²) in [6.07, 6.45) is 0. The number of rotatable bonds is 2. The van der Waals surface area contributed by atoms with E-state index in [0.29, 0.717) is 5.56 Å². The van der Waals surface area contributed by atoms with Gasteiger partial charge in [0.2, 0.25) is 0 Å². The number of benzene rings is 2. The molecule has 0 unspecified atom stereocenters. The van der Waals surface area contributed by atoms with Gasteiger partial charge in [-0.3, -0.25) is 4.79 Å². The average Bonchev–Trinajstić information content (AvgIpc) is 2.89. The third-order valence-corrected chi connectivity index (χ3v) is 4.69. The number of amides is 1. The van der Waals surface area contributed by atoms with Crippen molar-refractivity contribution in [1.82, 2.24) is 4.98 Å². The van der Waals surface area contributed by atoms with Crippen molar-refractivity contribution in [2.45, 2.75) is 6.92 Å². The van der Waals surface area contributed by atoms with Crippen LogP contribution in [0, 0.1) is 6.92 Å². The molecule has 0 atom stereocenters. The van der Waals surface area contributed by atoms with Gasteiger partial charge in [0.15, 0.2) is 0 Å². The first-order valence-electron chi connectivity index (χ1n) is 6.04. The molecular formula is C15H11BrN2OS. The fourth-order valence-corrected chi connectivity index (χ4v) is 2.89. The minimum absolute atomic E-state index is 0.107. The Kier molecular flexibility index (Phi) is 3.54. The Hall–Kier alpha value is -1.72. The summed E-state index contributed by atoms with van der Waals surface area (Å²) < 4.78 is 2.06. The Morgan fingerprint density at radius 3 is 2.90 bits per heavy atom. The highest BCUT2D eigenvalue weighted by molar-refractivity contribution is 9.10. The minimum Gasteiger partial charge on any atom is -0.322 e. The molecule has 3 rings (SSSR count). The number of halogens is 1. The maximum Gasteiger partial charge on any atom is 0.255 e. The molecule has 20 heavy (non-hydrogen) atoms. The van der Waals surface area contributed by atoms with Crippen LogP contribution >= 0.6 is 27.3 Å². The van der Waals surface area contributed by atoms with Gasteiger partial charge in [-0.2, -0.15) is 0 Å². The molecule has 3 aromatic rings. The van der Waals surface area contributed by atoms with Gasteiger partial charge in [-0.25, -0.2) is 4.98 Å². The number of thiazole rings is 1. The van der Waals surface area contributed by atoms with Gasteiger partial charge >= 0.3 is 0 Å². The third-order valence-electron chi connectivity index (χ3n) is 3.01. The standard InChI is InChI=1S/C15H11BrN2OS/c1-9-6-10(2-4-12(9)16)15(19)18-11-3-5-13-14(7-11)20-8-17-13/h2-8H,1H3,(H,18,19). The van der Waals surface area contributed by atoms with Crippen LogP contribution in [0.5, 0.6) is 0 Å². The van der Waals surface area contributed by atoms with E-state index in [1.165, 1.54) is 0 Å². The lowest BCUT2D eigenvalue weighted by atomic mass is 10.1. The van der Waals surface area contributed by atoms with Crippen LogP contribution in [0.2, 0.25) is 0 Å². The Bertz CT molecular complexity index is 797. The lowest BCUT2D eigenvalue weighted by Crippen LogP contribution is -2.11. The number of aromatic nitrogens is 1. The zero-order valence-electron chi connectivity index (χ0n) is 10.7. The van der Waals surface area contributed by atoms with E-state index in [2.05, 4.69) is 26.2 Å². The Morgan fingerprint density at radius 1 is 1.25 bits per heavy atom. The van der Waals surface area contributed by atoms with Gasteiger partial charge in [-0.05, 0) is 48.9 Å². The molecule has 0 radical (unpaired) electrons. The highest BCUT2D eigenvalue weighted by atomic mass is 79.9. The number of carbonyl (C=O) groups excluding carboxylic acids is 1. The first-order valence-corrected chi connectivity index (χ1v) is 7.71. The van der Waals surface area contributed by atoms with Crippen LogP contribution in [0.1, 0.15) is 15.9 Å². The van der Waals surface area contributed by atoms with Gasteiger partial charge in [0.25, 0.3) is 5.91 Å². The van der Waals surface area contributed by atoms with Crippen molar-refractivity contribution in [1.29, 1.82) is 0 Å². The van der Waals surface area contributed by atoms with Crippen molar-refractivity contribution in [3.8, 4) is 0 Å². The van der Waals surface area contributed by atoms with E-state index in [0.717, 1.165) is 25.9 Å². The Balaban J connectivity index is 1.85. The van der Waals surface area contributed by atoms with E-state index >= 15 is 0 Å². The van der Waals surface area contributed by atoms with Crippen molar-refractivity contribution >= 4 is 49.1 Å². The van der Waals surface area contributed by atoms with Crippen LogP contribution in [-0.2, 0) is 0 Å². The molecule has 0 fully saturated rings. The van der Waals surface area contributed by atoms with Crippen LogP contribution < -0.4 is 5.32 Å². The van der Waals surface area contributed by atoms with E-state index in [-0.39, 0.29) is 5.91 Å². The van der Waals surface area contributed by atoms with Crippen molar-refractivity contribution in [2.24, 2.45) is 0 Å². The summed E-state index contributed by atoms with van der Waals surface area (Å²) in [6.45, 7) is 1.96. The van der Waals surface area contributed by atoms with Crippen LogP contribution in [0.15, 0.2) is 46.4 Å². The van der Waals surface area contributed by atoms with Crippen molar-refractivity contribution in [3.63, 3.8) is 0 Å². The summed E-state index contributed by atoms with van der Waals surface area (Å²) in [7, 11) is 0. The molecule has 0 aliphatic rings. The number of nitrogens with one attached hydrogen (secondary N) is 1. The summed E-state index contributed by atoms with van der Waals surface area (Å²) in [5.74, 6) is -0.107. The van der Waals surface area contributed by atoms with Crippen LogP contribution in [0.25, 0.3) is 10.2 Å². The topological polar surface area (TPSA) is 42.0 Å². The van der Waals surface area contributed by atoms with Crippen LogP contribution in [0.4, 0.5) is 5.69 Å². The third kappa shape index (κ3) is 2.59. The fourth-order valence-electron chi connectivity index (χ4n) is 1.92. The first kappa shape index (κ1) is 13.3. The van der Waals surface area contributed by atoms with Crippen molar-refractivity contribution < 1.29 is 4.79 Å². The molecule has 1 amide bonds. The Labute approximate surface area is 128 Å². The van der Waals surface area contributed by atoms with Crippen molar-refractivity contribution in [2.75, 3.05) is 5.32 Å². The summed E-state index contributed by atoms with van der Waals surface area (Å²) in [5, 5.41) is 2.91. The normalized spacial score (nSPS) is 10.7. The molecule has 0 saturated carbocycles. The van der Waals surface area contributed by atoms with Crippen molar-refractivity contribution in [3.05, 3.63) is 57.5 Å². The number of hydrogen-bond donors (Lipinski definition) is 1. The molecule has 0 bridgehead atoms. The molecule has 1 heterocycles. The van der Waals surface area contributed by atoms with Crippen LogP contribution in [0.3, 0.4) is 0 Å². The molecular weight excluding hydrogens is 336 g/mol. The van der Waals surface area contributed by atoms with Gasteiger partial charge in [-0.15, -0.1) is 11.3 Å². The largest absolute Gasteiger partial charge is 0.322 e. The average molecular weight is 347 g/mol. The summed E-state index contributed by atoms with van der Waals surface area (Å²) in [4.78, 5) is 16.4. The molecule has 100 valence electrons.